The first kappa shape index (κ1) is 18.7. The summed E-state index contributed by atoms with van der Waals surface area (Å²) in [5, 5.41) is 0. The monoisotopic (exact) mass is 395 g/mol. The first-order chi connectivity index (χ1) is 12.5. The van der Waals surface area contributed by atoms with Crippen molar-refractivity contribution in [1.29, 1.82) is 0 Å². The van der Waals surface area contributed by atoms with Gasteiger partial charge in [-0.3, -0.25) is 4.79 Å². The van der Waals surface area contributed by atoms with Crippen LogP contribution in [-0.2, 0) is 14.8 Å². The summed E-state index contributed by atoms with van der Waals surface area (Å²) < 4.78 is 37.9. The Morgan fingerprint density at radius 3 is 2.52 bits per heavy atom. The third-order valence-electron chi connectivity index (χ3n) is 6.95. The van der Waals surface area contributed by atoms with E-state index in [9.17, 15) is 18.0 Å². The molecule has 2 bridgehead atoms. The van der Waals surface area contributed by atoms with Gasteiger partial charge < -0.3 is 9.15 Å². The Bertz CT molecular complexity index is 943. The number of carbonyl (C=O) groups is 1. The molecular weight excluding hydrogens is 370 g/mol. The predicted octanol–water partition coefficient (Wildman–Crippen LogP) is 1.74. The first-order valence-corrected chi connectivity index (χ1v) is 10.9. The van der Waals surface area contributed by atoms with Gasteiger partial charge in [-0.15, -0.1) is 0 Å². The maximum atomic E-state index is 12.9. The van der Waals surface area contributed by atoms with E-state index in [1.807, 2.05) is 13.8 Å². The molecule has 1 saturated heterocycles. The highest BCUT2D eigenvalue weighted by atomic mass is 32.2. The molecule has 0 spiro atoms. The van der Waals surface area contributed by atoms with Gasteiger partial charge >= 0.3 is 5.63 Å². The maximum Gasteiger partial charge on any atom is 0.339 e. The van der Waals surface area contributed by atoms with Crippen LogP contribution in [0.3, 0.4) is 0 Å². The van der Waals surface area contributed by atoms with E-state index in [0.717, 1.165) is 6.42 Å². The largest absolute Gasteiger partial charge is 0.487 e. The highest BCUT2D eigenvalue weighted by Crippen LogP contribution is 2.64. The van der Waals surface area contributed by atoms with Crippen LogP contribution in [0.25, 0.3) is 0 Å². The first-order valence-electron chi connectivity index (χ1n) is 9.33. The summed E-state index contributed by atoms with van der Waals surface area (Å²) in [6.45, 7) is 6.19. The average Bonchev–Trinajstić information content (AvgIpc) is 2.83. The highest BCUT2D eigenvalue weighted by Gasteiger charge is 2.65. The molecule has 2 heterocycles. The third-order valence-corrected chi connectivity index (χ3v) is 8.89. The Kier molecular flexibility index (Phi) is 4.09. The van der Waals surface area contributed by atoms with Gasteiger partial charge in [0.15, 0.2) is 0 Å². The normalized spacial score (nSPS) is 30.5. The SMILES string of the molecule is Cc1cc(OC2CN(S(=O)(=O)C[C@@]34CC[C@@H](CC3=O)C4(C)C)C2)cc(=O)o1. The average molecular weight is 395 g/mol. The number of fused-ring (bicyclic) bond motifs is 2. The van der Waals surface area contributed by atoms with Gasteiger partial charge in [0.25, 0.3) is 0 Å². The molecule has 2 atom stereocenters. The molecule has 1 aromatic heterocycles. The van der Waals surface area contributed by atoms with E-state index < -0.39 is 21.1 Å². The van der Waals surface area contributed by atoms with E-state index in [1.165, 1.54) is 10.4 Å². The third kappa shape index (κ3) is 2.84. The molecule has 4 rings (SSSR count). The summed E-state index contributed by atoms with van der Waals surface area (Å²) in [7, 11) is -3.54. The molecule has 0 radical (unpaired) electrons. The van der Waals surface area contributed by atoms with Crippen molar-refractivity contribution in [1.82, 2.24) is 4.31 Å². The van der Waals surface area contributed by atoms with Crippen molar-refractivity contribution in [2.75, 3.05) is 18.8 Å². The Morgan fingerprint density at radius 2 is 1.96 bits per heavy atom. The summed E-state index contributed by atoms with van der Waals surface area (Å²) >= 11 is 0. The van der Waals surface area contributed by atoms with Gasteiger partial charge in [0.1, 0.15) is 23.4 Å². The lowest BCUT2D eigenvalue weighted by Gasteiger charge is -2.42. The fourth-order valence-corrected chi connectivity index (χ4v) is 7.32. The van der Waals surface area contributed by atoms with Crippen molar-refractivity contribution in [2.45, 2.75) is 46.1 Å². The Hall–Kier alpha value is -1.67. The molecule has 7 nitrogen and oxygen atoms in total. The maximum absolute atomic E-state index is 12.9. The Balaban J connectivity index is 1.43. The zero-order valence-electron chi connectivity index (χ0n) is 15.9. The number of Topliss-reactive ketones (excluding diaryl/α,β-unsaturated/α-hetero) is 1. The van der Waals surface area contributed by atoms with Gasteiger partial charge in [0, 0.05) is 17.9 Å². The molecule has 0 unspecified atom stereocenters. The van der Waals surface area contributed by atoms with E-state index in [4.69, 9.17) is 9.15 Å². The summed E-state index contributed by atoms with van der Waals surface area (Å²) in [5.74, 6) is 1.12. The summed E-state index contributed by atoms with van der Waals surface area (Å²) in [4.78, 5) is 24.0. The lowest BCUT2D eigenvalue weighted by atomic mass is 9.70. The number of ketones is 1. The zero-order chi connectivity index (χ0) is 19.6. The molecule has 3 aliphatic rings. The van der Waals surface area contributed by atoms with Crippen molar-refractivity contribution < 1.29 is 22.4 Å². The van der Waals surface area contributed by atoms with Crippen LogP contribution in [0.5, 0.6) is 5.75 Å². The van der Waals surface area contributed by atoms with Crippen molar-refractivity contribution in [2.24, 2.45) is 16.7 Å². The van der Waals surface area contributed by atoms with E-state index >= 15 is 0 Å². The molecule has 1 aliphatic heterocycles. The molecule has 148 valence electrons. The van der Waals surface area contributed by atoms with Gasteiger partial charge in [-0.1, -0.05) is 13.8 Å². The molecule has 0 N–H and O–H groups in total. The van der Waals surface area contributed by atoms with Gasteiger partial charge in [-0.05, 0) is 31.1 Å². The van der Waals surface area contributed by atoms with Gasteiger partial charge in [0.2, 0.25) is 10.0 Å². The number of rotatable bonds is 5. The number of hydrogen-bond donors (Lipinski definition) is 0. The Morgan fingerprint density at radius 1 is 1.26 bits per heavy atom. The number of sulfonamides is 1. The quantitative estimate of drug-likeness (QED) is 0.754. The summed E-state index contributed by atoms with van der Waals surface area (Å²) in [6.07, 6.45) is 1.79. The van der Waals surface area contributed by atoms with E-state index in [1.54, 1.807) is 13.0 Å². The van der Waals surface area contributed by atoms with E-state index in [-0.39, 0.29) is 36.1 Å². The molecule has 8 heteroatoms. The zero-order valence-corrected chi connectivity index (χ0v) is 16.7. The van der Waals surface area contributed by atoms with Crippen molar-refractivity contribution in [3.05, 3.63) is 28.3 Å². The topological polar surface area (TPSA) is 93.9 Å². The summed E-state index contributed by atoms with van der Waals surface area (Å²) in [5.41, 5.74) is -1.52. The lowest BCUT2D eigenvalue weighted by molar-refractivity contribution is -0.128. The van der Waals surface area contributed by atoms with Crippen molar-refractivity contribution in [3.8, 4) is 5.75 Å². The molecule has 0 amide bonds. The van der Waals surface area contributed by atoms with Gasteiger partial charge in [0.05, 0.1) is 24.9 Å². The summed E-state index contributed by atoms with van der Waals surface area (Å²) in [6, 6.07) is 2.86. The minimum atomic E-state index is -3.54. The number of aryl methyl sites for hydroxylation is 1. The minimum absolute atomic E-state index is 0.104. The van der Waals surface area contributed by atoms with Gasteiger partial charge in [-0.2, -0.15) is 4.31 Å². The number of hydrogen-bond acceptors (Lipinski definition) is 6. The second-order valence-corrected chi connectivity index (χ2v) is 10.7. The highest BCUT2D eigenvalue weighted by molar-refractivity contribution is 7.89. The standard InChI is InChI=1S/C19H25NO6S/c1-12-6-14(8-17(22)25-12)26-15-9-20(10-15)27(23,24)11-19-5-4-13(7-16(19)21)18(19,2)3/h6,8,13,15H,4-5,7,9-11H2,1-3H3/t13-,19-/m0/s1. The van der Waals surface area contributed by atoms with Crippen LogP contribution >= 0.6 is 0 Å². The van der Waals surface area contributed by atoms with Crippen molar-refractivity contribution >= 4 is 15.8 Å². The minimum Gasteiger partial charge on any atom is -0.487 e. The molecule has 0 aromatic carbocycles. The second-order valence-electron chi connectivity index (χ2n) is 8.70. The smallest absolute Gasteiger partial charge is 0.339 e. The van der Waals surface area contributed by atoms with Gasteiger partial charge in [-0.25, -0.2) is 13.2 Å². The molecule has 1 aromatic rings. The molecule has 3 fully saturated rings. The second kappa shape index (κ2) is 5.91. The number of nitrogens with zero attached hydrogens (tertiary/aromatic N) is 1. The van der Waals surface area contributed by atoms with Crippen LogP contribution in [0.4, 0.5) is 0 Å². The fraction of sp³-hybridized carbons (Fsp3) is 0.684. The predicted molar refractivity (Wildman–Crippen MR) is 98.1 cm³/mol. The number of carbonyl (C=O) groups excluding carboxylic acids is 1. The van der Waals surface area contributed by atoms with Crippen LogP contribution < -0.4 is 10.4 Å². The number of ether oxygens (including phenoxy) is 1. The molecule has 27 heavy (non-hydrogen) atoms. The van der Waals surface area contributed by atoms with Crippen LogP contribution in [-0.4, -0.2) is 43.5 Å². The molecule has 2 saturated carbocycles. The Labute approximate surface area is 158 Å². The van der Waals surface area contributed by atoms with Crippen LogP contribution in [0.2, 0.25) is 0 Å². The molecule has 2 aliphatic carbocycles. The lowest BCUT2D eigenvalue weighted by Crippen LogP contribution is -2.58. The van der Waals surface area contributed by atoms with E-state index in [2.05, 4.69) is 0 Å². The van der Waals surface area contributed by atoms with Crippen LogP contribution in [0.15, 0.2) is 21.3 Å². The van der Waals surface area contributed by atoms with Crippen molar-refractivity contribution in [3.63, 3.8) is 0 Å². The fourth-order valence-electron chi connectivity index (χ4n) is 5.05. The molecular formula is C19H25NO6S. The van der Waals surface area contributed by atoms with E-state index in [0.29, 0.717) is 30.3 Å². The van der Waals surface area contributed by atoms with Crippen LogP contribution in [0.1, 0.15) is 38.9 Å². The van der Waals surface area contributed by atoms with Crippen LogP contribution in [0, 0.1) is 23.7 Å².